The summed E-state index contributed by atoms with van der Waals surface area (Å²) in [5.74, 6) is 0. The van der Waals surface area contributed by atoms with Gasteiger partial charge in [-0.3, -0.25) is 0 Å². The Morgan fingerprint density at radius 1 is 1.24 bits per heavy atom. The predicted molar refractivity (Wildman–Crippen MR) is 65.7 cm³/mol. The molecule has 6 heteroatoms. The maximum Gasteiger partial charge on any atom is 0.411 e. The van der Waals surface area contributed by atoms with Gasteiger partial charge in [-0.1, -0.05) is 12.1 Å². The summed E-state index contributed by atoms with van der Waals surface area (Å²) in [6.07, 6.45) is -4.98. The van der Waals surface area contributed by atoms with Crippen LogP contribution in [-0.2, 0) is 11.2 Å². The van der Waals surface area contributed by atoms with Crippen LogP contribution in [0.4, 0.5) is 13.2 Å². The Morgan fingerprint density at radius 2 is 1.82 bits per heavy atom. The van der Waals surface area contributed by atoms with E-state index in [1.54, 1.807) is 0 Å². The lowest BCUT2D eigenvalue weighted by molar-refractivity contribution is -0.179. The van der Waals surface area contributed by atoms with Crippen LogP contribution in [-0.4, -0.2) is 30.6 Å². The maximum atomic E-state index is 11.8. The molecule has 0 aliphatic heterocycles. The monoisotopic (exact) mass is 360 g/mol. The molecule has 2 nitrogen and oxygen atoms in total. The number of halogens is 4. The zero-order chi connectivity index (χ0) is 12.9. The largest absolute Gasteiger partial charge is 0.411 e. The van der Waals surface area contributed by atoms with Crippen molar-refractivity contribution in [1.82, 2.24) is 0 Å². The van der Waals surface area contributed by atoms with Crippen LogP contribution in [0.15, 0.2) is 24.3 Å². The van der Waals surface area contributed by atoms with Gasteiger partial charge >= 0.3 is 6.18 Å². The smallest absolute Gasteiger partial charge is 0.390 e. The lowest BCUT2D eigenvalue weighted by Crippen LogP contribution is -2.24. The van der Waals surface area contributed by atoms with Gasteiger partial charge in [0.05, 0.1) is 12.7 Å². The first kappa shape index (κ1) is 14.7. The molecule has 1 atom stereocenters. The van der Waals surface area contributed by atoms with Crippen LogP contribution in [0.3, 0.4) is 0 Å². The van der Waals surface area contributed by atoms with Gasteiger partial charge in [0.25, 0.3) is 0 Å². The number of alkyl halides is 3. The second kappa shape index (κ2) is 6.55. The molecule has 1 aromatic rings. The molecular formula is C11H12F3IO2. The molecule has 0 amide bonds. The molecular weight excluding hydrogens is 348 g/mol. The molecule has 0 bridgehead atoms. The van der Waals surface area contributed by atoms with Crippen LogP contribution in [0.1, 0.15) is 5.56 Å². The second-order valence-corrected chi connectivity index (χ2v) is 4.86. The minimum Gasteiger partial charge on any atom is -0.390 e. The van der Waals surface area contributed by atoms with Gasteiger partial charge in [0.15, 0.2) is 0 Å². The summed E-state index contributed by atoms with van der Waals surface area (Å²) in [4.78, 5) is 0. The minimum absolute atomic E-state index is 0.286. The molecule has 17 heavy (non-hydrogen) atoms. The summed E-state index contributed by atoms with van der Waals surface area (Å²) in [6.45, 7) is -1.64. The third-order valence-corrected chi connectivity index (χ3v) is 2.68. The molecule has 0 fully saturated rings. The summed E-state index contributed by atoms with van der Waals surface area (Å²) in [5, 5.41) is 9.47. The molecule has 0 aromatic heterocycles. The fourth-order valence-electron chi connectivity index (χ4n) is 1.26. The molecule has 1 unspecified atom stereocenters. The van der Waals surface area contributed by atoms with Gasteiger partial charge in [0.1, 0.15) is 6.61 Å². The fraction of sp³-hybridized carbons (Fsp3) is 0.455. The number of rotatable bonds is 5. The minimum atomic E-state index is -4.34. The highest BCUT2D eigenvalue weighted by molar-refractivity contribution is 14.1. The third kappa shape index (κ3) is 6.85. The van der Waals surface area contributed by atoms with Crippen molar-refractivity contribution >= 4 is 22.6 Å². The summed E-state index contributed by atoms with van der Waals surface area (Å²) in [5.41, 5.74) is 0.869. The first-order chi connectivity index (χ1) is 7.87. The van der Waals surface area contributed by atoms with Gasteiger partial charge in [-0.05, 0) is 40.3 Å². The maximum absolute atomic E-state index is 11.8. The first-order valence-electron chi connectivity index (χ1n) is 4.94. The molecule has 0 saturated heterocycles. The third-order valence-electron chi connectivity index (χ3n) is 1.96. The van der Waals surface area contributed by atoms with Gasteiger partial charge in [0.2, 0.25) is 0 Å². The Hall–Kier alpha value is -0.340. The fourth-order valence-corrected chi connectivity index (χ4v) is 1.62. The Kier molecular flexibility index (Phi) is 5.68. The van der Waals surface area contributed by atoms with E-state index in [-0.39, 0.29) is 13.0 Å². The molecule has 1 rings (SSSR count). The van der Waals surface area contributed by atoms with E-state index in [0.29, 0.717) is 0 Å². The number of hydrogen-bond donors (Lipinski definition) is 1. The lowest BCUT2D eigenvalue weighted by Gasteiger charge is -2.12. The number of ether oxygens (including phenoxy) is 1. The molecule has 0 saturated carbocycles. The van der Waals surface area contributed by atoms with Gasteiger partial charge in [0, 0.05) is 9.99 Å². The highest BCUT2D eigenvalue weighted by Gasteiger charge is 2.27. The molecule has 0 radical (unpaired) electrons. The van der Waals surface area contributed by atoms with E-state index in [4.69, 9.17) is 0 Å². The zero-order valence-corrected chi connectivity index (χ0v) is 11.0. The summed E-state index contributed by atoms with van der Waals surface area (Å²) < 4.78 is 40.8. The molecule has 0 heterocycles. The highest BCUT2D eigenvalue weighted by atomic mass is 127. The van der Waals surface area contributed by atoms with Crippen molar-refractivity contribution in [3.63, 3.8) is 0 Å². The highest BCUT2D eigenvalue weighted by Crippen LogP contribution is 2.15. The Bertz CT molecular complexity index is 338. The van der Waals surface area contributed by atoms with Crippen LogP contribution in [0.2, 0.25) is 0 Å². The van der Waals surface area contributed by atoms with Gasteiger partial charge in [-0.2, -0.15) is 13.2 Å². The van der Waals surface area contributed by atoms with E-state index in [2.05, 4.69) is 27.3 Å². The van der Waals surface area contributed by atoms with E-state index in [0.717, 1.165) is 9.13 Å². The summed E-state index contributed by atoms with van der Waals surface area (Å²) in [7, 11) is 0. The Morgan fingerprint density at radius 3 is 2.35 bits per heavy atom. The number of benzene rings is 1. The van der Waals surface area contributed by atoms with Crippen molar-refractivity contribution in [2.24, 2.45) is 0 Å². The van der Waals surface area contributed by atoms with E-state index < -0.39 is 18.9 Å². The normalized spacial score (nSPS) is 13.7. The van der Waals surface area contributed by atoms with Crippen molar-refractivity contribution in [2.75, 3.05) is 13.2 Å². The average Bonchev–Trinajstić information content (AvgIpc) is 2.19. The van der Waals surface area contributed by atoms with Crippen LogP contribution in [0, 0.1) is 3.57 Å². The van der Waals surface area contributed by atoms with Gasteiger partial charge < -0.3 is 9.84 Å². The molecule has 0 aliphatic rings. The van der Waals surface area contributed by atoms with Gasteiger partial charge in [-0.25, -0.2) is 0 Å². The number of aliphatic hydroxyl groups is 1. The number of aliphatic hydroxyl groups excluding tert-OH is 1. The Balaban J connectivity index is 2.30. The van der Waals surface area contributed by atoms with E-state index in [1.165, 1.54) is 0 Å². The van der Waals surface area contributed by atoms with Crippen LogP contribution < -0.4 is 0 Å². The molecule has 1 aromatic carbocycles. The van der Waals surface area contributed by atoms with Crippen LogP contribution >= 0.6 is 22.6 Å². The van der Waals surface area contributed by atoms with E-state index in [9.17, 15) is 18.3 Å². The molecule has 0 aliphatic carbocycles. The first-order valence-corrected chi connectivity index (χ1v) is 6.02. The van der Waals surface area contributed by atoms with E-state index >= 15 is 0 Å². The molecule has 96 valence electrons. The van der Waals surface area contributed by atoms with E-state index in [1.807, 2.05) is 24.3 Å². The molecule has 1 N–H and O–H groups in total. The topological polar surface area (TPSA) is 29.5 Å². The van der Waals surface area contributed by atoms with Crippen molar-refractivity contribution in [3.05, 3.63) is 33.4 Å². The van der Waals surface area contributed by atoms with Crippen molar-refractivity contribution in [1.29, 1.82) is 0 Å². The number of hydrogen-bond acceptors (Lipinski definition) is 2. The SMILES string of the molecule is OC(COCC(F)(F)F)Cc1ccc(I)cc1. The standard InChI is InChI=1S/C11H12F3IO2/c12-11(13,14)7-17-6-10(16)5-8-1-3-9(15)4-2-8/h1-4,10,16H,5-7H2. The molecule has 0 spiro atoms. The summed E-state index contributed by atoms with van der Waals surface area (Å²) in [6, 6.07) is 7.40. The van der Waals surface area contributed by atoms with Crippen molar-refractivity contribution in [2.45, 2.75) is 18.7 Å². The van der Waals surface area contributed by atoms with Crippen molar-refractivity contribution < 1.29 is 23.0 Å². The second-order valence-electron chi connectivity index (χ2n) is 3.61. The predicted octanol–water partition coefficient (Wildman–Crippen LogP) is 2.77. The van der Waals surface area contributed by atoms with Crippen molar-refractivity contribution in [3.8, 4) is 0 Å². The lowest BCUT2D eigenvalue weighted by atomic mass is 10.1. The van der Waals surface area contributed by atoms with Crippen LogP contribution in [0.5, 0.6) is 0 Å². The summed E-state index contributed by atoms with van der Waals surface area (Å²) >= 11 is 2.15. The van der Waals surface area contributed by atoms with Crippen LogP contribution in [0.25, 0.3) is 0 Å². The quantitative estimate of drug-likeness (QED) is 0.819. The zero-order valence-electron chi connectivity index (χ0n) is 8.88. The Labute approximate surface area is 111 Å². The van der Waals surface area contributed by atoms with Gasteiger partial charge in [-0.15, -0.1) is 0 Å². The average molecular weight is 360 g/mol.